The highest BCUT2D eigenvalue weighted by Gasteiger charge is 2.14. The molecule has 0 saturated carbocycles. The number of aliphatic carboxylic acids is 1. The molecule has 10 heavy (non-hydrogen) atoms. The molecule has 0 aliphatic rings. The van der Waals surface area contributed by atoms with Crippen molar-refractivity contribution >= 4 is 17.7 Å². The highest BCUT2D eigenvalue weighted by Crippen LogP contribution is 1.96. The summed E-state index contributed by atoms with van der Waals surface area (Å²) in [5.41, 5.74) is 0. The van der Waals surface area contributed by atoms with Gasteiger partial charge in [0, 0.05) is 5.75 Å². The van der Waals surface area contributed by atoms with Crippen LogP contribution in [0.2, 0.25) is 0 Å². The average molecular weight is 168 g/mol. The molecule has 0 heterocycles. The number of thioether (sulfide) groups is 1. The van der Waals surface area contributed by atoms with Gasteiger partial charge in [-0.3, -0.25) is 0 Å². The minimum atomic E-state index is -2.17. The Balaban J connectivity index is 3.21. The molecular weight excluding hydrogens is 159 g/mol. The summed E-state index contributed by atoms with van der Waals surface area (Å²) < 4.78 is 16.3. The lowest BCUT2D eigenvalue weighted by Crippen LogP contribution is -2.19. The molecule has 0 aromatic heterocycles. The molecule has 0 aromatic carbocycles. The number of alkyl halides is 1. The quantitative estimate of drug-likeness (QED) is 0.615. The van der Waals surface area contributed by atoms with Crippen LogP contribution in [0.5, 0.6) is 0 Å². The summed E-state index contributed by atoms with van der Waals surface area (Å²) in [7, 11) is 0. The SMILES string of the molecule is CSCCOC(F)C(=O)O. The summed E-state index contributed by atoms with van der Waals surface area (Å²) in [6, 6.07) is 0. The maximum absolute atomic E-state index is 12.0. The molecule has 0 fully saturated rings. The van der Waals surface area contributed by atoms with Crippen LogP contribution in [0, 0.1) is 0 Å². The van der Waals surface area contributed by atoms with E-state index in [9.17, 15) is 9.18 Å². The monoisotopic (exact) mass is 168 g/mol. The van der Waals surface area contributed by atoms with E-state index in [0.29, 0.717) is 5.75 Å². The van der Waals surface area contributed by atoms with Gasteiger partial charge in [-0.15, -0.1) is 0 Å². The van der Waals surface area contributed by atoms with Gasteiger partial charge >= 0.3 is 5.97 Å². The number of halogens is 1. The zero-order valence-electron chi connectivity index (χ0n) is 5.54. The molecule has 60 valence electrons. The van der Waals surface area contributed by atoms with Crippen LogP contribution in [-0.4, -0.2) is 36.0 Å². The van der Waals surface area contributed by atoms with Gasteiger partial charge in [-0.05, 0) is 6.26 Å². The van der Waals surface area contributed by atoms with E-state index < -0.39 is 12.3 Å². The first kappa shape index (κ1) is 9.71. The van der Waals surface area contributed by atoms with E-state index >= 15 is 0 Å². The maximum atomic E-state index is 12.0. The first-order chi connectivity index (χ1) is 4.68. The Morgan fingerprint density at radius 2 is 2.50 bits per heavy atom. The van der Waals surface area contributed by atoms with Crippen LogP contribution >= 0.6 is 11.8 Å². The van der Waals surface area contributed by atoms with Crippen LogP contribution in [-0.2, 0) is 9.53 Å². The van der Waals surface area contributed by atoms with Gasteiger partial charge in [-0.2, -0.15) is 11.8 Å². The number of hydrogen-bond donors (Lipinski definition) is 1. The number of carboxylic acids is 1. The molecule has 1 atom stereocenters. The summed E-state index contributed by atoms with van der Waals surface area (Å²) in [4.78, 5) is 9.79. The number of hydrogen-bond acceptors (Lipinski definition) is 3. The molecule has 0 amide bonds. The first-order valence-corrected chi connectivity index (χ1v) is 4.05. The molecule has 0 aliphatic carbocycles. The highest BCUT2D eigenvalue weighted by atomic mass is 32.2. The molecule has 0 aliphatic heterocycles. The Hall–Kier alpha value is -0.290. The Labute approximate surface area is 62.6 Å². The van der Waals surface area contributed by atoms with E-state index in [0.717, 1.165) is 0 Å². The fraction of sp³-hybridized carbons (Fsp3) is 0.800. The van der Waals surface area contributed by atoms with E-state index in [1.54, 1.807) is 0 Å². The van der Waals surface area contributed by atoms with E-state index in [1.807, 2.05) is 6.26 Å². The Kier molecular flexibility index (Phi) is 5.33. The van der Waals surface area contributed by atoms with Crippen molar-refractivity contribution in [3.05, 3.63) is 0 Å². The average Bonchev–Trinajstić information content (AvgIpc) is 1.88. The molecule has 0 aromatic rings. The van der Waals surface area contributed by atoms with Crippen LogP contribution in [0.3, 0.4) is 0 Å². The van der Waals surface area contributed by atoms with E-state index in [1.165, 1.54) is 11.8 Å². The second-order valence-electron chi connectivity index (χ2n) is 1.52. The number of ether oxygens (including phenoxy) is 1. The molecular formula is C5H9FO3S. The summed E-state index contributed by atoms with van der Waals surface area (Å²) in [5, 5.41) is 7.97. The van der Waals surface area contributed by atoms with Crippen molar-refractivity contribution in [1.29, 1.82) is 0 Å². The van der Waals surface area contributed by atoms with Crippen LogP contribution < -0.4 is 0 Å². The third-order valence-electron chi connectivity index (χ3n) is 0.746. The van der Waals surface area contributed by atoms with Crippen molar-refractivity contribution in [2.75, 3.05) is 18.6 Å². The third-order valence-corrected chi connectivity index (χ3v) is 1.32. The van der Waals surface area contributed by atoms with Crippen LogP contribution in [0.25, 0.3) is 0 Å². The lowest BCUT2D eigenvalue weighted by atomic mass is 10.7. The smallest absolute Gasteiger partial charge is 0.366 e. The fourth-order valence-electron chi connectivity index (χ4n) is 0.306. The topological polar surface area (TPSA) is 46.5 Å². The van der Waals surface area contributed by atoms with E-state index in [2.05, 4.69) is 4.74 Å². The van der Waals surface area contributed by atoms with E-state index in [-0.39, 0.29) is 6.61 Å². The zero-order valence-corrected chi connectivity index (χ0v) is 6.36. The summed E-state index contributed by atoms with van der Waals surface area (Å²) in [5.74, 6) is -0.964. The summed E-state index contributed by atoms with van der Waals surface area (Å²) in [6.07, 6.45) is -0.343. The molecule has 3 nitrogen and oxygen atoms in total. The van der Waals surface area contributed by atoms with Gasteiger partial charge in [0.2, 0.25) is 0 Å². The standard InChI is InChI=1S/C5H9FO3S/c1-10-3-2-9-4(6)5(7)8/h4H,2-3H2,1H3,(H,7,8). The molecule has 5 heteroatoms. The fourth-order valence-corrected chi connectivity index (χ4v) is 0.569. The first-order valence-electron chi connectivity index (χ1n) is 2.66. The van der Waals surface area contributed by atoms with Crippen molar-refractivity contribution in [2.45, 2.75) is 6.36 Å². The van der Waals surface area contributed by atoms with Gasteiger partial charge in [0.05, 0.1) is 6.61 Å². The predicted octanol–water partition coefficient (Wildman–Crippen LogP) is 0.746. The lowest BCUT2D eigenvalue weighted by molar-refractivity contribution is -0.162. The van der Waals surface area contributed by atoms with Crippen LogP contribution in [0.1, 0.15) is 0 Å². The van der Waals surface area contributed by atoms with Crippen molar-refractivity contribution in [2.24, 2.45) is 0 Å². The van der Waals surface area contributed by atoms with Crippen LogP contribution in [0.4, 0.5) is 4.39 Å². The van der Waals surface area contributed by atoms with Gasteiger partial charge in [0.25, 0.3) is 6.36 Å². The molecule has 1 N–H and O–H groups in total. The minimum Gasteiger partial charge on any atom is -0.477 e. The third kappa shape index (κ3) is 4.58. The minimum absolute atomic E-state index is 0.134. The van der Waals surface area contributed by atoms with Crippen molar-refractivity contribution in [3.8, 4) is 0 Å². The van der Waals surface area contributed by atoms with Gasteiger partial charge < -0.3 is 9.84 Å². The number of carboxylic acid groups (broad SMARTS) is 1. The van der Waals surface area contributed by atoms with Crippen molar-refractivity contribution in [3.63, 3.8) is 0 Å². The zero-order chi connectivity index (χ0) is 7.98. The Morgan fingerprint density at radius 3 is 2.90 bits per heavy atom. The normalized spacial score (nSPS) is 13.0. The second-order valence-corrected chi connectivity index (χ2v) is 2.50. The van der Waals surface area contributed by atoms with Gasteiger partial charge in [-0.25, -0.2) is 9.18 Å². The van der Waals surface area contributed by atoms with Crippen molar-refractivity contribution < 1.29 is 19.0 Å². The Morgan fingerprint density at radius 1 is 1.90 bits per heavy atom. The molecule has 0 radical (unpaired) electrons. The lowest BCUT2D eigenvalue weighted by Gasteiger charge is -2.02. The second kappa shape index (κ2) is 5.49. The molecule has 0 spiro atoms. The maximum Gasteiger partial charge on any atom is 0.366 e. The molecule has 0 saturated heterocycles. The summed E-state index contributed by atoms with van der Waals surface area (Å²) in [6.45, 7) is 0.134. The van der Waals surface area contributed by atoms with Crippen molar-refractivity contribution in [1.82, 2.24) is 0 Å². The molecule has 0 bridgehead atoms. The Bertz CT molecular complexity index is 109. The largest absolute Gasteiger partial charge is 0.477 e. The highest BCUT2D eigenvalue weighted by molar-refractivity contribution is 7.98. The van der Waals surface area contributed by atoms with E-state index in [4.69, 9.17) is 5.11 Å². The predicted molar refractivity (Wildman–Crippen MR) is 36.9 cm³/mol. The number of carbonyl (C=O) groups is 1. The van der Waals surface area contributed by atoms with Gasteiger partial charge in [0.1, 0.15) is 0 Å². The molecule has 0 rings (SSSR count). The summed E-state index contributed by atoms with van der Waals surface area (Å²) >= 11 is 1.47. The van der Waals surface area contributed by atoms with Gasteiger partial charge in [0.15, 0.2) is 0 Å². The van der Waals surface area contributed by atoms with Crippen LogP contribution in [0.15, 0.2) is 0 Å². The van der Waals surface area contributed by atoms with Gasteiger partial charge in [-0.1, -0.05) is 0 Å². The molecule has 1 unspecified atom stereocenters. The number of rotatable bonds is 5.